The normalized spacial score (nSPS) is 10.2. The standard InChI is InChI=1S/C15H18N2O3/c1-10-4-11(9-16)5-15(17-10)20-14-7-12(18-2)6-13(8-14)19-3/h4-8H,9,16H2,1-3H3. The largest absolute Gasteiger partial charge is 0.496 e. The minimum absolute atomic E-state index is 0.446. The van der Waals surface area contributed by atoms with E-state index in [1.54, 1.807) is 32.4 Å². The van der Waals surface area contributed by atoms with Crippen molar-refractivity contribution in [2.24, 2.45) is 5.73 Å². The Hall–Kier alpha value is -2.27. The third-order valence-electron chi connectivity index (χ3n) is 2.77. The van der Waals surface area contributed by atoms with Crippen molar-refractivity contribution in [1.82, 2.24) is 4.98 Å². The minimum atomic E-state index is 0.446. The zero-order valence-corrected chi connectivity index (χ0v) is 11.8. The molecule has 0 saturated heterocycles. The fraction of sp³-hybridized carbons (Fsp3) is 0.267. The van der Waals surface area contributed by atoms with Crippen molar-refractivity contribution < 1.29 is 14.2 Å². The second-order valence-electron chi connectivity index (χ2n) is 4.31. The molecule has 0 fully saturated rings. The first kappa shape index (κ1) is 14.1. The van der Waals surface area contributed by atoms with Crippen LogP contribution in [0.1, 0.15) is 11.3 Å². The maximum absolute atomic E-state index is 5.76. The average Bonchev–Trinajstić information content (AvgIpc) is 2.46. The number of hydrogen-bond donors (Lipinski definition) is 1. The summed E-state index contributed by atoms with van der Waals surface area (Å²) in [5.41, 5.74) is 7.48. The Labute approximate surface area is 118 Å². The molecule has 2 N–H and O–H groups in total. The molecule has 1 aromatic carbocycles. The van der Waals surface area contributed by atoms with Crippen molar-refractivity contribution in [3.05, 3.63) is 41.6 Å². The topological polar surface area (TPSA) is 66.6 Å². The van der Waals surface area contributed by atoms with Gasteiger partial charge in [-0.25, -0.2) is 4.98 Å². The Balaban J connectivity index is 2.31. The zero-order chi connectivity index (χ0) is 14.5. The summed E-state index contributed by atoms with van der Waals surface area (Å²) in [5, 5.41) is 0. The SMILES string of the molecule is COc1cc(OC)cc(Oc2cc(CN)cc(C)n2)c1. The smallest absolute Gasteiger partial charge is 0.219 e. The predicted octanol–water partition coefficient (Wildman–Crippen LogP) is 2.66. The fourth-order valence-corrected chi connectivity index (χ4v) is 1.84. The lowest BCUT2D eigenvalue weighted by molar-refractivity contribution is 0.385. The lowest BCUT2D eigenvalue weighted by Gasteiger charge is -2.10. The first-order chi connectivity index (χ1) is 9.64. The molecule has 106 valence electrons. The van der Waals surface area contributed by atoms with Crippen molar-refractivity contribution in [3.63, 3.8) is 0 Å². The summed E-state index contributed by atoms with van der Waals surface area (Å²) in [6, 6.07) is 9.07. The quantitative estimate of drug-likeness (QED) is 0.908. The van der Waals surface area contributed by atoms with Gasteiger partial charge in [0.05, 0.1) is 14.2 Å². The number of rotatable bonds is 5. The van der Waals surface area contributed by atoms with Crippen LogP contribution in [0.2, 0.25) is 0 Å². The van der Waals surface area contributed by atoms with Gasteiger partial charge in [0.1, 0.15) is 17.2 Å². The van der Waals surface area contributed by atoms with Gasteiger partial charge in [0, 0.05) is 36.5 Å². The molecule has 0 bridgehead atoms. The highest BCUT2D eigenvalue weighted by atomic mass is 16.5. The Kier molecular flexibility index (Phi) is 4.42. The molecule has 2 rings (SSSR count). The Morgan fingerprint density at radius 3 is 2.10 bits per heavy atom. The van der Waals surface area contributed by atoms with Gasteiger partial charge < -0.3 is 19.9 Å². The summed E-state index contributed by atoms with van der Waals surface area (Å²) in [6.45, 7) is 2.35. The molecular formula is C15H18N2O3. The lowest BCUT2D eigenvalue weighted by atomic mass is 10.2. The van der Waals surface area contributed by atoms with Gasteiger partial charge in [-0.05, 0) is 18.6 Å². The number of nitrogens with two attached hydrogens (primary N) is 1. The number of nitrogens with zero attached hydrogens (tertiary/aromatic N) is 1. The molecule has 0 unspecified atom stereocenters. The van der Waals surface area contributed by atoms with Crippen molar-refractivity contribution in [2.75, 3.05) is 14.2 Å². The summed E-state index contributed by atoms with van der Waals surface area (Å²) >= 11 is 0. The van der Waals surface area contributed by atoms with Crippen molar-refractivity contribution >= 4 is 0 Å². The van der Waals surface area contributed by atoms with E-state index >= 15 is 0 Å². The van der Waals surface area contributed by atoms with E-state index < -0.39 is 0 Å². The highest BCUT2D eigenvalue weighted by Crippen LogP contribution is 2.30. The van der Waals surface area contributed by atoms with Crippen LogP contribution in [-0.4, -0.2) is 19.2 Å². The van der Waals surface area contributed by atoms with E-state index in [-0.39, 0.29) is 0 Å². The molecule has 2 aromatic rings. The van der Waals surface area contributed by atoms with Gasteiger partial charge in [0.15, 0.2) is 0 Å². The molecule has 20 heavy (non-hydrogen) atoms. The molecule has 1 aromatic heterocycles. The number of hydrogen-bond acceptors (Lipinski definition) is 5. The fourth-order valence-electron chi connectivity index (χ4n) is 1.84. The Bertz CT molecular complexity index is 577. The molecular weight excluding hydrogens is 256 g/mol. The maximum Gasteiger partial charge on any atom is 0.219 e. The van der Waals surface area contributed by atoms with Crippen LogP contribution in [-0.2, 0) is 6.54 Å². The van der Waals surface area contributed by atoms with Crippen LogP contribution in [0.25, 0.3) is 0 Å². The minimum Gasteiger partial charge on any atom is -0.496 e. The molecule has 0 radical (unpaired) electrons. The van der Waals surface area contributed by atoms with Gasteiger partial charge in [0.2, 0.25) is 5.88 Å². The van der Waals surface area contributed by atoms with Crippen molar-refractivity contribution in [1.29, 1.82) is 0 Å². The van der Waals surface area contributed by atoms with Gasteiger partial charge in [-0.2, -0.15) is 0 Å². The average molecular weight is 274 g/mol. The summed E-state index contributed by atoms with van der Waals surface area (Å²) < 4.78 is 16.2. The molecule has 0 atom stereocenters. The summed E-state index contributed by atoms with van der Waals surface area (Å²) in [7, 11) is 3.19. The van der Waals surface area contributed by atoms with E-state index in [1.165, 1.54) is 0 Å². The maximum atomic E-state index is 5.76. The summed E-state index contributed by atoms with van der Waals surface area (Å²) in [5.74, 6) is 2.42. The first-order valence-electron chi connectivity index (χ1n) is 6.23. The molecule has 0 spiro atoms. The van der Waals surface area contributed by atoms with E-state index in [4.69, 9.17) is 19.9 Å². The Morgan fingerprint density at radius 2 is 1.55 bits per heavy atom. The van der Waals surface area contributed by atoms with Gasteiger partial charge in [-0.1, -0.05) is 0 Å². The summed E-state index contributed by atoms with van der Waals surface area (Å²) in [4.78, 5) is 4.33. The molecule has 0 aliphatic rings. The molecule has 0 aliphatic carbocycles. The lowest BCUT2D eigenvalue weighted by Crippen LogP contribution is -1.99. The monoisotopic (exact) mass is 274 g/mol. The Morgan fingerprint density at radius 1 is 0.950 bits per heavy atom. The van der Waals surface area contributed by atoms with Gasteiger partial charge in [-0.3, -0.25) is 0 Å². The van der Waals surface area contributed by atoms with E-state index in [9.17, 15) is 0 Å². The van der Waals surface area contributed by atoms with Gasteiger partial charge >= 0.3 is 0 Å². The van der Waals surface area contributed by atoms with Crippen LogP contribution in [0.5, 0.6) is 23.1 Å². The third kappa shape index (κ3) is 3.39. The van der Waals surface area contributed by atoms with E-state index in [1.807, 2.05) is 19.1 Å². The second-order valence-corrected chi connectivity index (χ2v) is 4.31. The van der Waals surface area contributed by atoms with Crippen LogP contribution >= 0.6 is 0 Å². The van der Waals surface area contributed by atoms with E-state index in [0.717, 1.165) is 11.3 Å². The molecule has 0 saturated carbocycles. The number of aryl methyl sites for hydroxylation is 1. The number of methoxy groups -OCH3 is 2. The number of aromatic nitrogens is 1. The van der Waals surface area contributed by atoms with E-state index in [2.05, 4.69) is 4.98 Å². The van der Waals surface area contributed by atoms with Crippen LogP contribution < -0.4 is 19.9 Å². The second kappa shape index (κ2) is 6.25. The third-order valence-corrected chi connectivity index (χ3v) is 2.77. The van der Waals surface area contributed by atoms with Crippen LogP contribution in [0, 0.1) is 6.92 Å². The van der Waals surface area contributed by atoms with Gasteiger partial charge in [-0.15, -0.1) is 0 Å². The molecule has 5 nitrogen and oxygen atoms in total. The zero-order valence-electron chi connectivity index (χ0n) is 11.8. The first-order valence-corrected chi connectivity index (χ1v) is 6.23. The van der Waals surface area contributed by atoms with Crippen LogP contribution in [0.3, 0.4) is 0 Å². The van der Waals surface area contributed by atoms with Crippen molar-refractivity contribution in [3.8, 4) is 23.1 Å². The number of benzene rings is 1. The molecule has 0 amide bonds. The van der Waals surface area contributed by atoms with Crippen LogP contribution in [0.15, 0.2) is 30.3 Å². The molecule has 0 aliphatic heterocycles. The van der Waals surface area contributed by atoms with Crippen LogP contribution in [0.4, 0.5) is 0 Å². The highest BCUT2D eigenvalue weighted by molar-refractivity contribution is 5.43. The highest BCUT2D eigenvalue weighted by Gasteiger charge is 2.06. The van der Waals surface area contributed by atoms with E-state index in [0.29, 0.717) is 29.7 Å². The molecule has 5 heteroatoms. The number of pyridine rings is 1. The molecule has 1 heterocycles. The predicted molar refractivity (Wildman–Crippen MR) is 76.5 cm³/mol. The summed E-state index contributed by atoms with van der Waals surface area (Å²) in [6.07, 6.45) is 0. The van der Waals surface area contributed by atoms with Crippen molar-refractivity contribution in [2.45, 2.75) is 13.5 Å². The number of ether oxygens (including phenoxy) is 3. The van der Waals surface area contributed by atoms with Gasteiger partial charge in [0.25, 0.3) is 0 Å².